The van der Waals surface area contributed by atoms with Crippen molar-refractivity contribution >= 4 is 23.1 Å². The molecule has 2 unspecified atom stereocenters. The van der Waals surface area contributed by atoms with Crippen LogP contribution in [0.4, 0.5) is 5.69 Å². The fourth-order valence-corrected chi connectivity index (χ4v) is 5.58. The molecule has 0 aliphatic carbocycles. The maximum Gasteiger partial charge on any atom is 0.277 e. The van der Waals surface area contributed by atoms with Gasteiger partial charge in [0.2, 0.25) is 5.60 Å². The molecule has 2 aliphatic heterocycles. The van der Waals surface area contributed by atoms with E-state index < -0.39 is 11.5 Å². The Hall–Kier alpha value is -4.70. The van der Waals surface area contributed by atoms with Crippen LogP contribution < -0.4 is 4.90 Å². The lowest BCUT2D eigenvalue weighted by atomic mass is 9.73. The SMILES string of the molecule is C=CCN1C(=O)C2(OC(c3ccccc3)=C(C(=O)c3ccccc3)C2c2ccccc2)c2ccccc21. The van der Waals surface area contributed by atoms with E-state index in [1.54, 1.807) is 23.1 Å². The maximum atomic E-state index is 14.5. The van der Waals surface area contributed by atoms with E-state index in [1.165, 1.54) is 0 Å². The van der Waals surface area contributed by atoms with Gasteiger partial charge in [-0.15, -0.1) is 6.58 Å². The highest BCUT2D eigenvalue weighted by Crippen LogP contribution is 2.60. The first-order chi connectivity index (χ1) is 18.2. The van der Waals surface area contributed by atoms with Crippen LogP contribution in [0.1, 0.15) is 33.0 Å². The predicted octanol–water partition coefficient (Wildman–Crippen LogP) is 6.52. The molecule has 0 fully saturated rings. The number of nitrogens with zero attached hydrogens (tertiary/aromatic N) is 1. The second-order valence-corrected chi connectivity index (χ2v) is 9.21. The topological polar surface area (TPSA) is 46.6 Å². The summed E-state index contributed by atoms with van der Waals surface area (Å²) in [7, 11) is 0. The lowest BCUT2D eigenvalue weighted by Crippen LogP contribution is -2.44. The summed E-state index contributed by atoms with van der Waals surface area (Å²) < 4.78 is 6.87. The Morgan fingerprint density at radius 3 is 2.11 bits per heavy atom. The largest absolute Gasteiger partial charge is 0.470 e. The minimum atomic E-state index is -1.42. The van der Waals surface area contributed by atoms with Gasteiger partial charge in [-0.05, 0) is 11.6 Å². The predicted molar refractivity (Wildman–Crippen MR) is 145 cm³/mol. The molecule has 180 valence electrons. The van der Waals surface area contributed by atoms with Crippen molar-refractivity contribution in [3.63, 3.8) is 0 Å². The molecular formula is C33H25NO3. The summed E-state index contributed by atoms with van der Waals surface area (Å²) in [6.07, 6.45) is 1.71. The van der Waals surface area contributed by atoms with Gasteiger partial charge in [-0.2, -0.15) is 0 Å². The number of carbonyl (C=O) groups excluding carboxylic acids is 2. The average Bonchev–Trinajstić information content (AvgIpc) is 3.44. The molecule has 0 N–H and O–H groups in total. The fraction of sp³-hybridized carbons (Fsp3) is 0.0909. The van der Waals surface area contributed by atoms with E-state index in [0.29, 0.717) is 23.4 Å². The number of rotatable bonds is 6. The summed E-state index contributed by atoms with van der Waals surface area (Å²) >= 11 is 0. The number of hydrogen-bond acceptors (Lipinski definition) is 3. The molecule has 37 heavy (non-hydrogen) atoms. The number of benzene rings is 4. The molecule has 0 bridgehead atoms. The monoisotopic (exact) mass is 483 g/mol. The molecular weight excluding hydrogens is 458 g/mol. The van der Waals surface area contributed by atoms with Gasteiger partial charge in [0, 0.05) is 23.2 Å². The van der Waals surface area contributed by atoms with Crippen LogP contribution in [-0.4, -0.2) is 18.2 Å². The van der Waals surface area contributed by atoms with Crippen LogP contribution in [-0.2, 0) is 15.1 Å². The zero-order valence-corrected chi connectivity index (χ0v) is 20.2. The van der Waals surface area contributed by atoms with E-state index in [-0.39, 0.29) is 11.7 Å². The standard InChI is InChI=1S/C33H25NO3/c1-2-22-34-27-21-13-12-20-26(27)33(32(34)36)29(23-14-6-3-7-15-23)28(30(35)24-16-8-4-9-17-24)31(37-33)25-18-10-5-11-19-25/h2-21,29H,1,22H2. The minimum absolute atomic E-state index is 0.155. The third-order valence-electron chi connectivity index (χ3n) is 7.12. The molecule has 0 saturated carbocycles. The average molecular weight is 484 g/mol. The summed E-state index contributed by atoms with van der Waals surface area (Å²) in [6.45, 7) is 4.21. The van der Waals surface area contributed by atoms with Gasteiger partial charge in [0.25, 0.3) is 5.91 Å². The molecule has 4 heteroatoms. The van der Waals surface area contributed by atoms with E-state index in [9.17, 15) is 9.59 Å². The van der Waals surface area contributed by atoms with Crippen LogP contribution in [0.25, 0.3) is 5.76 Å². The fourth-order valence-electron chi connectivity index (χ4n) is 5.58. The number of ether oxygens (including phenoxy) is 1. The Bertz CT molecular complexity index is 1530. The quantitative estimate of drug-likeness (QED) is 0.232. The molecule has 1 spiro atoms. The maximum absolute atomic E-state index is 14.5. The van der Waals surface area contributed by atoms with Gasteiger partial charge in [0.05, 0.1) is 17.2 Å². The van der Waals surface area contributed by atoms with Gasteiger partial charge in [-0.25, -0.2) is 0 Å². The van der Waals surface area contributed by atoms with Crippen molar-refractivity contribution in [2.24, 2.45) is 0 Å². The highest BCUT2D eigenvalue weighted by molar-refractivity contribution is 6.18. The number of carbonyl (C=O) groups is 2. The van der Waals surface area contributed by atoms with Crippen molar-refractivity contribution in [2.45, 2.75) is 11.5 Å². The van der Waals surface area contributed by atoms with Gasteiger partial charge >= 0.3 is 0 Å². The zero-order chi connectivity index (χ0) is 25.4. The molecule has 2 aliphatic rings. The van der Waals surface area contributed by atoms with E-state index in [0.717, 1.165) is 22.4 Å². The van der Waals surface area contributed by atoms with Gasteiger partial charge in [0.15, 0.2) is 5.78 Å². The van der Waals surface area contributed by atoms with Gasteiger partial charge in [0.1, 0.15) is 5.76 Å². The van der Waals surface area contributed by atoms with Crippen molar-refractivity contribution in [2.75, 3.05) is 11.4 Å². The van der Waals surface area contributed by atoms with Crippen LogP contribution in [0, 0.1) is 0 Å². The third kappa shape index (κ3) is 3.45. The minimum Gasteiger partial charge on any atom is -0.470 e. The molecule has 2 atom stereocenters. The molecule has 4 nitrogen and oxygen atoms in total. The van der Waals surface area contributed by atoms with E-state index in [1.807, 2.05) is 103 Å². The molecule has 1 amide bonds. The molecule has 4 aromatic rings. The molecule has 4 aromatic carbocycles. The molecule has 0 radical (unpaired) electrons. The smallest absolute Gasteiger partial charge is 0.277 e. The summed E-state index contributed by atoms with van der Waals surface area (Å²) in [5.41, 5.74) is 2.73. The lowest BCUT2D eigenvalue weighted by molar-refractivity contribution is -0.135. The summed E-state index contributed by atoms with van der Waals surface area (Å²) in [5.74, 6) is -0.573. The summed E-state index contributed by atoms with van der Waals surface area (Å²) in [4.78, 5) is 30.5. The number of Topliss-reactive ketones (excluding diaryl/α,β-unsaturated/α-hetero) is 1. The molecule has 0 aromatic heterocycles. The normalized spacial score (nSPS) is 20.2. The van der Waals surface area contributed by atoms with E-state index in [2.05, 4.69) is 6.58 Å². The zero-order valence-electron chi connectivity index (χ0n) is 20.2. The first kappa shape index (κ1) is 22.7. The Labute approximate surface area is 216 Å². The Kier molecular flexibility index (Phi) is 5.57. The van der Waals surface area contributed by atoms with Crippen molar-refractivity contribution in [1.29, 1.82) is 0 Å². The third-order valence-corrected chi connectivity index (χ3v) is 7.12. The Morgan fingerprint density at radius 1 is 0.838 bits per heavy atom. The number of fused-ring (bicyclic) bond motifs is 2. The first-order valence-electron chi connectivity index (χ1n) is 12.3. The van der Waals surface area contributed by atoms with Gasteiger partial charge in [-0.3, -0.25) is 9.59 Å². The first-order valence-corrected chi connectivity index (χ1v) is 12.3. The number of ketones is 1. The summed E-state index contributed by atoms with van der Waals surface area (Å²) in [5, 5.41) is 0. The van der Waals surface area contributed by atoms with Crippen molar-refractivity contribution in [3.05, 3.63) is 156 Å². The lowest BCUT2D eigenvalue weighted by Gasteiger charge is -2.31. The second kappa shape index (κ2) is 9.07. The Balaban J connectivity index is 1.67. The van der Waals surface area contributed by atoms with E-state index in [4.69, 9.17) is 4.74 Å². The van der Waals surface area contributed by atoms with Crippen LogP contribution in [0.2, 0.25) is 0 Å². The van der Waals surface area contributed by atoms with E-state index >= 15 is 0 Å². The van der Waals surface area contributed by atoms with Crippen molar-refractivity contribution in [3.8, 4) is 0 Å². The second-order valence-electron chi connectivity index (χ2n) is 9.21. The Morgan fingerprint density at radius 2 is 1.43 bits per heavy atom. The van der Waals surface area contributed by atoms with Gasteiger partial charge < -0.3 is 9.64 Å². The summed E-state index contributed by atoms with van der Waals surface area (Å²) in [6, 6.07) is 36.2. The van der Waals surface area contributed by atoms with Crippen LogP contribution >= 0.6 is 0 Å². The molecule has 2 heterocycles. The highest BCUT2D eigenvalue weighted by Gasteiger charge is 2.64. The van der Waals surface area contributed by atoms with Crippen LogP contribution in [0.5, 0.6) is 0 Å². The van der Waals surface area contributed by atoms with Crippen LogP contribution in [0.15, 0.2) is 133 Å². The van der Waals surface area contributed by atoms with Gasteiger partial charge in [-0.1, -0.05) is 115 Å². The molecule has 6 rings (SSSR count). The number of para-hydroxylation sites is 1. The number of amides is 1. The molecule has 0 saturated heterocycles. The number of hydrogen-bond donors (Lipinski definition) is 0. The van der Waals surface area contributed by atoms with Crippen molar-refractivity contribution in [1.82, 2.24) is 0 Å². The van der Waals surface area contributed by atoms with Crippen LogP contribution in [0.3, 0.4) is 0 Å². The van der Waals surface area contributed by atoms with Crippen molar-refractivity contribution < 1.29 is 14.3 Å². The highest BCUT2D eigenvalue weighted by atomic mass is 16.5. The number of anilines is 1.